The molecule has 0 radical (unpaired) electrons. The van der Waals surface area contributed by atoms with Crippen LogP contribution < -0.4 is 0 Å². The van der Waals surface area contributed by atoms with E-state index in [1.54, 1.807) is 0 Å². The molecule has 1 nitrogen and oxygen atoms in total. The summed E-state index contributed by atoms with van der Waals surface area (Å²) in [4.78, 5) is 0. The highest BCUT2D eigenvalue weighted by molar-refractivity contribution is 6.26. The van der Waals surface area contributed by atoms with E-state index in [1.807, 2.05) is 12.2 Å². The SMILES string of the molecule is C=CCC(CC=C)CCO[SiH2]CCC. The predicted molar refractivity (Wildman–Crippen MR) is 67.3 cm³/mol. The van der Waals surface area contributed by atoms with E-state index in [9.17, 15) is 0 Å². The summed E-state index contributed by atoms with van der Waals surface area (Å²) < 4.78 is 5.67. The number of hydrogen-bond donors (Lipinski definition) is 0. The lowest BCUT2D eigenvalue weighted by Crippen LogP contribution is -2.06. The molecule has 0 heterocycles. The monoisotopic (exact) mass is 212 g/mol. The molecule has 0 N–H and O–H groups in total. The molecule has 0 fully saturated rings. The molecule has 0 rings (SSSR count). The van der Waals surface area contributed by atoms with Crippen molar-refractivity contribution in [2.75, 3.05) is 6.61 Å². The Morgan fingerprint density at radius 3 is 2.43 bits per heavy atom. The molecular formula is C12H24OSi. The second-order valence-electron chi connectivity index (χ2n) is 3.67. The van der Waals surface area contributed by atoms with E-state index in [0.29, 0.717) is 5.92 Å². The highest BCUT2D eigenvalue weighted by Gasteiger charge is 2.03. The van der Waals surface area contributed by atoms with Crippen LogP contribution in [0.3, 0.4) is 0 Å². The van der Waals surface area contributed by atoms with Crippen LogP contribution in [-0.2, 0) is 4.43 Å². The first-order valence-electron chi connectivity index (χ1n) is 5.64. The molecule has 0 aliphatic rings. The van der Waals surface area contributed by atoms with Crippen LogP contribution in [0.4, 0.5) is 0 Å². The van der Waals surface area contributed by atoms with Crippen molar-refractivity contribution in [3.05, 3.63) is 25.3 Å². The highest BCUT2D eigenvalue weighted by atomic mass is 28.2. The molecule has 14 heavy (non-hydrogen) atoms. The van der Waals surface area contributed by atoms with Crippen LogP contribution in [0.1, 0.15) is 32.6 Å². The van der Waals surface area contributed by atoms with E-state index < -0.39 is 0 Å². The van der Waals surface area contributed by atoms with Gasteiger partial charge in [0.15, 0.2) is 9.76 Å². The molecule has 0 saturated heterocycles. The minimum atomic E-state index is -0.211. The van der Waals surface area contributed by atoms with Gasteiger partial charge in [-0.25, -0.2) is 0 Å². The first-order valence-corrected chi connectivity index (χ1v) is 7.22. The van der Waals surface area contributed by atoms with Gasteiger partial charge in [0, 0.05) is 6.61 Å². The van der Waals surface area contributed by atoms with Gasteiger partial charge in [-0.15, -0.1) is 13.2 Å². The molecule has 2 heteroatoms. The van der Waals surface area contributed by atoms with Gasteiger partial charge in [0.25, 0.3) is 0 Å². The van der Waals surface area contributed by atoms with Crippen molar-refractivity contribution in [1.82, 2.24) is 0 Å². The normalized spacial score (nSPS) is 11.3. The molecule has 0 spiro atoms. The fraction of sp³-hybridized carbons (Fsp3) is 0.667. The standard InChI is InChI=1S/C12H24OSi/c1-4-7-12(8-5-2)9-10-13-14-11-6-3/h4-5,12H,1-2,6-11,14H2,3H3. The zero-order valence-corrected chi connectivity index (χ0v) is 10.9. The average molecular weight is 212 g/mol. The Bertz CT molecular complexity index is 135. The Labute approximate surface area is 91.2 Å². The fourth-order valence-electron chi connectivity index (χ4n) is 1.40. The van der Waals surface area contributed by atoms with E-state index in [0.717, 1.165) is 25.9 Å². The molecule has 0 atom stereocenters. The van der Waals surface area contributed by atoms with Crippen LogP contribution in [0, 0.1) is 5.92 Å². The van der Waals surface area contributed by atoms with Crippen molar-refractivity contribution in [1.29, 1.82) is 0 Å². The molecule has 0 aromatic heterocycles. The Hall–Kier alpha value is -0.343. The first kappa shape index (κ1) is 13.7. The van der Waals surface area contributed by atoms with Crippen molar-refractivity contribution < 1.29 is 4.43 Å². The quantitative estimate of drug-likeness (QED) is 0.307. The lowest BCUT2D eigenvalue weighted by Gasteiger charge is -2.12. The van der Waals surface area contributed by atoms with Gasteiger partial charge < -0.3 is 4.43 Å². The van der Waals surface area contributed by atoms with Gasteiger partial charge in [-0.3, -0.25) is 0 Å². The van der Waals surface area contributed by atoms with Crippen molar-refractivity contribution in [3.63, 3.8) is 0 Å². The lowest BCUT2D eigenvalue weighted by atomic mass is 9.98. The second-order valence-corrected chi connectivity index (χ2v) is 5.19. The summed E-state index contributed by atoms with van der Waals surface area (Å²) in [6.45, 7) is 10.7. The van der Waals surface area contributed by atoms with Gasteiger partial charge in [-0.2, -0.15) is 0 Å². The zero-order valence-electron chi connectivity index (χ0n) is 9.50. The van der Waals surface area contributed by atoms with E-state index in [4.69, 9.17) is 4.43 Å². The topological polar surface area (TPSA) is 9.23 Å². The van der Waals surface area contributed by atoms with Crippen molar-refractivity contribution in [2.45, 2.75) is 38.7 Å². The largest absolute Gasteiger partial charge is 0.424 e. The van der Waals surface area contributed by atoms with Crippen LogP contribution in [0.15, 0.2) is 25.3 Å². The van der Waals surface area contributed by atoms with Crippen molar-refractivity contribution in [2.24, 2.45) is 5.92 Å². The molecule has 0 bridgehead atoms. The Morgan fingerprint density at radius 2 is 1.93 bits per heavy atom. The van der Waals surface area contributed by atoms with Crippen LogP contribution in [0.2, 0.25) is 6.04 Å². The molecule has 0 aromatic carbocycles. The van der Waals surface area contributed by atoms with Gasteiger partial charge in [-0.1, -0.05) is 25.5 Å². The number of allylic oxidation sites excluding steroid dienone is 2. The van der Waals surface area contributed by atoms with Gasteiger partial charge >= 0.3 is 0 Å². The smallest absolute Gasteiger partial charge is 0.161 e. The van der Waals surface area contributed by atoms with Gasteiger partial charge in [0.1, 0.15) is 0 Å². The molecule has 0 aliphatic heterocycles. The minimum absolute atomic E-state index is 0.211. The molecule has 0 saturated carbocycles. The highest BCUT2D eigenvalue weighted by Crippen LogP contribution is 2.14. The average Bonchev–Trinajstić information content (AvgIpc) is 2.18. The molecule has 0 aliphatic carbocycles. The summed E-state index contributed by atoms with van der Waals surface area (Å²) in [6.07, 6.45) is 8.61. The number of rotatable bonds is 10. The third-order valence-corrected chi connectivity index (χ3v) is 3.89. The Balaban J connectivity index is 3.39. The van der Waals surface area contributed by atoms with Crippen molar-refractivity contribution >= 4 is 9.76 Å². The van der Waals surface area contributed by atoms with E-state index in [1.165, 1.54) is 12.5 Å². The van der Waals surface area contributed by atoms with Crippen LogP contribution >= 0.6 is 0 Å². The maximum Gasteiger partial charge on any atom is 0.161 e. The molecule has 82 valence electrons. The zero-order chi connectivity index (χ0) is 10.6. The Kier molecular flexibility index (Phi) is 10.5. The third kappa shape index (κ3) is 8.26. The number of hydrogen-bond acceptors (Lipinski definition) is 1. The van der Waals surface area contributed by atoms with Crippen molar-refractivity contribution in [3.8, 4) is 0 Å². The molecule has 0 aromatic rings. The van der Waals surface area contributed by atoms with Gasteiger partial charge in [-0.05, 0) is 31.2 Å². The lowest BCUT2D eigenvalue weighted by molar-refractivity contribution is 0.290. The summed E-state index contributed by atoms with van der Waals surface area (Å²) in [6, 6.07) is 1.31. The summed E-state index contributed by atoms with van der Waals surface area (Å²) in [5, 5.41) is 0. The minimum Gasteiger partial charge on any atom is -0.424 e. The second kappa shape index (κ2) is 10.7. The van der Waals surface area contributed by atoms with Gasteiger partial charge in [0.2, 0.25) is 0 Å². The molecule has 0 unspecified atom stereocenters. The first-order chi connectivity index (χ1) is 6.85. The molecule has 0 amide bonds. The predicted octanol–water partition coefficient (Wildman–Crippen LogP) is 3.07. The fourth-order valence-corrected chi connectivity index (χ4v) is 2.27. The third-order valence-electron chi connectivity index (χ3n) is 2.31. The van der Waals surface area contributed by atoms with E-state index in [2.05, 4.69) is 20.1 Å². The van der Waals surface area contributed by atoms with Crippen LogP contribution in [-0.4, -0.2) is 16.4 Å². The Morgan fingerprint density at radius 1 is 1.29 bits per heavy atom. The maximum absolute atomic E-state index is 5.67. The molecular weight excluding hydrogens is 188 g/mol. The van der Waals surface area contributed by atoms with E-state index in [-0.39, 0.29) is 9.76 Å². The van der Waals surface area contributed by atoms with E-state index >= 15 is 0 Å². The van der Waals surface area contributed by atoms with Gasteiger partial charge in [0.05, 0.1) is 0 Å². The summed E-state index contributed by atoms with van der Waals surface area (Å²) in [7, 11) is -0.211. The summed E-state index contributed by atoms with van der Waals surface area (Å²) in [5.74, 6) is 0.695. The van der Waals surface area contributed by atoms with Crippen LogP contribution in [0.25, 0.3) is 0 Å². The summed E-state index contributed by atoms with van der Waals surface area (Å²) in [5.41, 5.74) is 0. The summed E-state index contributed by atoms with van der Waals surface area (Å²) >= 11 is 0. The maximum atomic E-state index is 5.67. The van der Waals surface area contributed by atoms with Crippen LogP contribution in [0.5, 0.6) is 0 Å².